The standard InChI is InChI=1S/C16H26N2.ClH/c1-12-7-14(3)16(8-13(12)2)11-18-6-4-5-15(9-17)10-18;/h7-8,15H,4-6,9-11,17H2,1-3H3;1H. The molecule has 1 aromatic rings. The van der Waals surface area contributed by atoms with E-state index in [0.29, 0.717) is 5.92 Å². The molecule has 1 unspecified atom stereocenters. The molecule has 108 valence electrons. The zero-order chi connectivity index (χ0) is 13.1. The van der Waals surface area contributed by atoms with Crippen molar-refractivity contribution >= 4 is 12.4 Å². The number of nitrogens with zero attached hydrogens (tertiary/aromatic N) is 1. The molecule has 0 saturated carbocycles. The first kappa shape index (κ1) is 16.5. The van der Waals surface area contributed by atoms with Crippen LogP contribution in [-0.4, -0.2) is 24.5 Å². The molecule has 1 aliphatic rings. The first-order valence-electron chi connectivity index (χ1n) is 7.09. The lowest BCUT2D eigenvalue weighted by molar-refractivity contribution is 0.171. The number of benzene rings is 1. The first-order valence-corrected chi connectivity index (χ1v) is 7.09. The minimum atomic E-state index is 0. The molecule has 1 saturated heterocycles. The molecular weight excluding hydrogens is 256 g/mol. The number of nitrogens with two attached hydrogens (primary N) is 1. The largest absolute Gasteiger partial charge is 0.330 e. The lowest BCUT2D eigenvalue weighted by Gasteiger charge is -2.32. The van der Waals surface area contributed by atoms with Crippen LogP contribution in [0.4, 0.5) is 0 Å². The zero-order valence-electron chi connectivity index (χ0n) is 12.4. The Bertz CT molecular complexity index is 417. The second kappa shape index (κ2) is 7.28. The molecular formula is C16H27ClN2. The van der Waals surface area contributed by atoms with Gasteiger partial charge in [0.25, 0.3) is 0 Å². The van der Waals surface area contributed by atoms with Gasteiger partial charge in [-0.2, -0.15) is 0 Å². The highest BCUT2D eigenvalue weighted by molar-refractivity contribution is 5.85. The molecule has 0 bridgehead atoms. The van der Waals surface area contributed by atoms with E-state index in [1.54, 1.807) is 0 Å². The predicted molar refractivity (Wildman–Crippen MR) is 85.0 cm³/mol. The van der Waals surface area contributed by atoms with Crippen LogP contribution in [0.15, 0.2) is 12.1 Å². The van der Waals surface area contributed by atoms with Crippen LogP contribution < -0.4 is 5.73 Å². The maximum Gasteiger partial charge on any atom is 0.0236 e. The van der Waals surface area contributed by atoms with Gasteiger partial charge < -0.3 is 5.73 Å². The quantitative estimate of drug-likeness (QED) is 0.922. The van der Waals surface area contributed by atoms with Gasteiger partial charge >= 0.3 is 0 Å². The third-order valence-corrected chi connectivity index (χ3v) is 4.28. The molecule has 2 N–H and O–H groups in total. The van der Waals surface area contributed by atoms with Gasteiger partial charge in [-0.05, 0) is 74.9 Å². The summed E-state index contributed by atoms with van der Waals surface area (Å²) in [5, 5.41) is 0. The van der Waals surface area contributed by atoms with Crippen molar-refractivity contribution in [2.75, 3.05) is 19.6 Å². The molecule has 1 aliphatic heterocycles. The van der Waals surface area contributed by atoms with Gasteiger partial charge in [-0.3, -0.25) is 4.90 Å². The van der Waals surface area contributed by atoms with Crippen LogP contribution in [0, 0.1) is 26.7 Å². The summed E-state index contributed by atoms with van der Waals surface area (Å²) >= 11 is 0. The Balaban J connectivity index is 0.00000180. The monoisotopic (exact) mass is 282 g/mol. The molecule has 0 aliphatic carbocycles. The average Bonchev–Trinajstić information content (AvgIpc) is 2.36. The summed E-state index contributed by atoms with van der Waals surface area (Å²) in [6.07, 6.45) is 2.60. The van der Waals surface area contributed by atoms with Crippen LogP contribution in [0.3, 0.4) is 0 Å². The van der Waals surface area contributed by atoms with E-state index in [4.69, 9.17) is 5.73 Å². The van der Waals surface area contributed by atoms with Gasteiger partial charge in [0.15, 0.2) is 0 Å². The van der Waals surface area contributed by atoms with Gasteiger partial charge in [-0.1, -0.05) is 12.1 Å². The second-order valence-corrected chi connectivity index (χ2v) is 5.84. The first-order chi connectivity index (χ1) is 8.60. The molecule has 2 nitrogen and oxygen atoms in total. The van der Waals surface area contributed by atoms with Gasteiger partial charge in [0, 0.05) is 13.1 Å². The molecule has 19 heavy (non-hydrogen) atoms. The van der Waals surface area contributed by atoms with E-state index in [1.165, 1.54) is 48.2 Å². The highest BCUT2D eigenvalue weighted by atomic mass is 35.5. The summed E-state index contributed by atoms with van der Waals surface area (Å²) in [6.45, 7) is 10.9. The van der Waals surface area contributed by atoms with Crippen LogP contribution in [0.25, 0.3) is 0 Å². The molecule has 0 radical (unpaired) electrons. The fourth-order valence-corrected chi connectivity index (χ4v) is 2.92. The van der Waals surface area contributed by atoms with Gasteiger partial charge in [0.2, 0.25) is 0 Å². The summed E-state index contributed by atoms with van der Waals surface area (Å²) in [5.41, 5.74) is 11.5. The lowest BCUT2D eigenvalue weighted by Crippen LogP contribution is -2.38. The number of hydrogen-bond acceptors (Lipinski definition) is 2. The van der Waals surface area contributed by atoms with Gasteiger partial charge in [0.05, 0.1) is 0 Å². The number of aryl methyl sites for hydroxylation is 3. The number of rotatable bonds is 3. The van der Waals surface area contributed by atoms with Crippen molar-refractivity contribution in [2.45, 2.75) is 40.2 Å². The Labute approximate surface area is 123 Å². The van der Waals surface area contributed by atoms with Crippen molar-refractivity contribution < 1.29 is 0 Å². The fourth-order valence-electron chi connectivity index (χ4n) is 2.92. The Kier molecular flexibility index (Phi) is 6.31. The van der Waals surface area contributed by atoms with Crippen molar-refractivity contribution in [3.05, 3.63) is 34.4 Å². The van der Waals surface area contributed by atoms with Crippen molar-refractivity contribution in [2.24, 2.45) is 11.7 Å². The van der Waals surface area contributed by atoms with Crippen LogP contribution in [0.5, 0.6) is 0 Å². The van der Waals surface area contributed by atoms with E-state index in [2.05, 4.69) is 37.8 Å². The van der Waals surface area contributed by atoms with Crippen molar-refractivity contribution in [1.29, 1.82) is 0 Å². The lowest BCUT2D eigenvalue weighted by atomic mass is 9.96. The van der Waals surface area contributed by atoms with Crippen LogP contribution in [-0.2, 0) is 6.54 Å². The molecule has 1 aromatic carbocycles. The smallest absolute Gasteiger partial charge is 0.0236 e. The number of likely N-dealkylation sites (tertiary alicyclic amines) is 1. The Hall–Kier alpha value is -0.570. The van der Waals surface area contributed by atoms with Crippen molar-refractivity contribution in [1.82, 2.24) is 4.90 Å². The van der Waals surface area contributed by atoms with E-state index in [9.17, 15) is 0 Å². The molecule has 2 rings (SSSR count). The molecule has 1 atom stereocenters. The van der Waals surface area contributed by atoms with E-state index >= 15 is 0 Å². The molecule has 1 fully saturated rings. The molecule has 0 aromatic heterocycles. The highest BCUT2D eigenvalue weighted by Gasteiger charge is 2.19. The Morgan fingerprint density at radius 3 is 2.53 bits per heavy atom. The Morgan fingerprint density at radius 2 is 1.84 bits per heavy atom. The molecule has 3 heteroatoms. The number of halogens is 1. The number of hydrogen-bond donors (Lipinski definition) is 1. The zero-order valence-corrected chi connectivity index (χ0v) is 13.2. The average molecular weight is 283 g/mol. The van der Waals surface area contributed by atoms with Crippen LogP contribution in [0.2, 0.25) is 0 Å². The molecule has 0 spiro atoms. The SMILES string of the molecule is Cc1cc(C)c(CN2CCCC(CN)C2)cc1C.Cl. The maximum atomic E-state index is 5.81. The van der Waals surface area contributed by atoms with E-state index < -0.39 is 0 Å². The summed E-state index contributed by atoms with van der Waals surface area (Å²) in [6, 6.07) is 4.67. The predicted octanol–water partition coefficient (Wildman–Crippen LogP) is 3.20. The van der Waals surface area contributed by atoms with Crippen LogP contribution in [0.1, 0.15) is 35.1 Å². The van der Waals surface area contributed by atoms with Gasteiger partial charge in [-0.15, -0.1) is 12.4 Å². The topological polar surface area (TPSA) is 29.3 Å². The molecule has 0 amide bonds. The van der Waals surface area contributed by atoms with Crippen molar-refractivity contribution in [3.63, 3.8) is 0 Å². The Morgan fingerprint density at radius 1 is 1.16 bits per heavy atom. The summed E-state index contributed by atoms with van der Waals surface area (Å²) in [7, 11) is 0. The fraction of sp³-hybridized carbons (Fsp3) is 0.625. The number of piperidine rings is 1. The minimum Gasteiger partial charge on any atom is -0.330 e. The third-order valence-electron chi connectivity index (χ3n) is 4.28. The highest BCUT2D eigenvalue weighted by Crippen LogP contribution is 2.21. The normalized spacial score (nSPS) is 20.1. The second-order valence-electron chi connectivity index (χ2n) is 5.84. The van der Waals surface area contributed by atoms with Gasteiger partial charge in [0.1, 0.15) is 0 Å². The third kappa shape index (κ3) is 4.20. The van der Waals surface area contributed by atoms with E-state index in [-0.39, 0.29) is 12.4 Å². The summed E-state index contributed by atoms with van der Waals surface area (Å²) < 4.78 is 0. The maximum absolute atomic E-state index is 5.81. The van der Waals surface area contributed by atoms with Crippen molar-refractivity contribution in [3.8, 4) is 0 Å². The van der Waals surface area contributed by atoms with Crippen LogP contribution >= 0.6 is 12.4 Å². The summed E-state index contributed by atoms with van der Waals surface area (Å²) in [4.78, 5) is 2.57. The molecule has 1 heterocycles. The minimum absolute atomic E-state index is 0. The van der Waals surface area contributed by atoms with E-state index in [0.717, 1.165) is 13.1 Å². The van der Waals surface area contributed by atoms with E-state index in [1.807, 2.05) is 0 Å². The van der Waals surface area contributed by atoms with Gasteiger partial charge in [-0.25, -0.2) is 0 Å². The summed E-state index contributed by atoms with van der Waals surface area (Å²) in [5.74, 6) is 0.700.